The number of imidazole rings is 1. The van der Waals surface area contributed by atoms with Crippen LogP contribution in [-0.4, -0.2) is 23.1 Å². The summed E-state index contributed by atoms with van der Waals surface area (Å²) in [5.41, 5.74) is 3.66. The fraction of sp³-hybridized carbons (Fsp3) is 0.357. The van der Waals surface area contributed by atoms with Crippen LogP contribution in [0.5, 0.6) is 0 Å². The van der Waals surface area contributed by atoms with Crippen molar-refractivity contribution in [3.63, 3.8) is 0 Å². The molecule has 88 valence electrons. The van der Waals surface area contributed by atoms with Crippen molar-refractivity contribution in [2.24, 2.45) is 5.92 Å². The molecule has 1 aliphatic rings. The quantitative estimate of drug-likeness (QED) is 0.843. The molecule has 1 aromatic carbocycles. The lowest BCUT2D eigenvalue weighted by Crippen LogP contribution is -2.43. The highest BCUT2D eigenvalue weighted by atomic mass is 15.0. The molecular weight excluding hydrogens is 210 g/mol. The first-order chi connectivity index (χ1) is 8.33. The van der Waals surface area contributed by atoms with Crippen molar-refractivity contribution in [1.82, 2.24) is 15.3 Å². The van der Waals surface area contributed by atoms with Gasteiger partial charge in [-0.15, -0.1) is 0 Å². The van der Waals surface area contributed by atoms with Gasteiger partial charge in [0.1, 0.15) is 5.82 Å². The van der Waals surface area contributed by atoms with Gasteiger partial charge in [0.15, 0.2) is 0 Å². The van der Waals surface area contributed by atoms with E-state index in [1.807, 2.05) is 6.20 Å². The molecule has 2 aromatic rings. The first-order valence-corrected chi connectivity index (χ1v) is 6.13. The summed E-state index contributed by atoms with van der Waals surface area (Å²) in [6.45, 7) is 4.38. The summed E-state index contributed by atoms with van der Waals surface area (Å²) < 4.78 is 0. The average Bonchev–Trinajstić information content (AvgIpc) is 2.73. The van der Waals surface area contributed by atoms with E-state index in [1.165, 1.54) is 11.1 Å². The maximum absolute atomic E-state index is 4.47. The third-order valence-corrected chi connectivity index (χ3v) is 3.41. The summed E-state index contributed by atoms with van der Waals surface area (Å²) in [5.74, 6) is 1.86. The van der Waals surface area contributed by atoms with E-state index in [0.29, 0.717) is 0 Å². The molecule has 0 spiro atoms. The Morgan fingerprint density at radius 1 is 1.29 bits per heavy atom. The predicted octanol–water partition coefficient (Wildman–Crippen LogP) is 2.15. The molecule has 0 amide bonds. The molecule has 0 radical (unpaired) electrons. The molecule has 1 fully saturated rings. The highest BCUT2D eigenvalue weighted by Crippen LogP contribution is 2.21. The first kappa shape index (κ1) is 10.5. The highest BCUT2D eigenvalue weighted by Gasteiger charge is 2.18. The number of hydrogen-bond acceptors (Lipinski definition) is 2. The number of hydrogen-bond donors (Lipinski definition) is 2. The summed E-state index contributed by atoms with van der Waals surface area (Å²) in [4.78, 5) is 7.90. The number of aromatic nitrogens is 2. The van der Waals surface area contributed by atoms with E-state index in [4.69, 9.17) is 0 Å². The number of rotatable bonds is 3. The van der Waals surface area contributed by atoms with Crippen molar-refractivity contribution in [2.75, 3.05) is 13.1 Å². The van der Waals surface area contributed by atoms with Gasteiger partial charge in [-0.1, -0.05) is 24.3 Å². The molecule has 0 saturated carbocycles. The van der Waals surface area contributed by atoms with E-state index in [0.717, 1.165) is 36.9 Å². The Labute approximate surface area is 101 Å². The molecular formula is C14H17N3. The molecule has 0 aliphatic carbocycles. The molecule has 1 aliphatic heterocycles. The second kappa shape index (κ2) is 4.34. The SMILES string of the molecule is Cc1ccccc1-c1cnc(CC2CNC2)[nH]1. The topological polar surface area (TPSA) is 40.7 Å². The molecule has 0 bridgehead atoms. The summed E-state index contributed by atoms with van der Waals surface area (Å²) >= 11 is 0. The zero-order valence-corrected chi connectivity index (χ0v) is 10.0. The van der Waals surface area contributed by atoms with Crippen LogP contribution in [0.3, 0.4) is 0 Å². The second-order valence-corrected chi connectivity index (χ2v) is 4.79. The fourth-order valence-electron chi connectivity index (χ4n) is 2.24. The van der Waals surface area contributed by atoms with Gasteiger partial charge in [-0.3, -0.25) is 0 Å². The van der Waals surface area contributed by atoms with E-state index in [9.17, 15) is 0 Å². The zero-order chi connectivity index (χ0) is 11.7. The number of nitrogens with zero attached hydrogens (tertiary/aromatic N) is 1. The summed E-state index contributed by atoms with van der Waals surface area (Å²) in [6, 6.07) is 8.40. The molecule has 0 unspecified atom stereocenters. The fourth-order valence-corrected chi connectivity index (χ4v) is 2.24. The Morgan fingerprint density at radius 3 is 2.82 bits per heavy atom. The molecule has 2 N–H and O–H groups in total. The Morgan fingerprint density at radius 2 is 2.12 bits per heavy atom. The van der Waals surface area contributed by atoms with Crippen molar-refractivity contribution >= 4 is 0 Å². The minimum absolute atomic E-state index is 0.755. The molecule has 17 heavy (non-hydrogen) atoms. The average molecular weight is 227 g/mol. The van der Waals surface area contributed by atoms with Crippen LogP contribution in [-0.2, 0) is 6.42 Å². The number of H-pyrrole nitrogens is 1. The Balaban J connectivity index is 1.82. The van der Waals surface area contributed by atoms with Gasteiger partial charge in [0.2, 0.25) is 0 Å². The lowest BCUT2D eigenvalue weighted by molar-refractivity contribution is 0.342. The third-order valence-electron chi connectivity index (χ3n) is 3.41. The van der Waals surface area contributed by atoms with Crippen LogP contribution < -0.4 is 5.32 Å². The Hall–Kier alpha value is -1.61. The van der Waals surface area contributed by atoms with Crippen LogP contribution in [0.15, 0.2) is 30.5 Å². The van der Waals surface area contributed by atoms with E-state index >= 15 is 0 Å². The van der Waals surface area contributed by atoms with E-state index < -0.39 is 0 Å². The normalized spacial score (nSPS) is 15.8. The minimum Gasteiger partial charge on any atom is -0.342 e. The van der Waals surface area contributed by atoms with Gasteiger partial charge < -0.3 is 10.3 Å². The van der Waals surface area contributed by atoms with Crippen molar-refractivity contribution in [2.45, 2.75) is 13.3 Å². The number of benzene rings is 1. The van der Waals surface area contributed by atoms with Gasteiger partial charge in [-0.2, -0.15) is 0 Å². The van der Waals surface area contributed by atoms with Crippen molar-refractivity contribution < 1.29 is 0 Å². The first-order valence-electron chi connectivity index (χ1n) is 6.13. The number of nitrogens with one attached hydrogen (secondary N) is 2. The third kappa shape index (κ3) is 2.11. The van der Waals surface area contributed by atoms with Crippen LogP contribution in [0.25, 0.3) is 11.3 Å². The lowest BCUT2D eigenvalue weighted by Gasteiger charge is -2.25. The molecule has 3 heteroatoms. The van der Waals surface area contributed by atoms with Crippen molar-refractivity contribution in [1.29, 1.82) is 0 Å². The molecule has 1 saturated heterocycles. The lowest BCUT2D eigenvalue weighted by atomic mass is 9.99. The van der Waals surface area contributed by atoms with Crippen molar-refractivity contribution in [3.05, 3.63) is 41.9 Å². The van der Waals surface area contributed by atoms with E-state index in [1.54, 1.807) is 0 Å². The van der Waals surface area contributed by atoms with Crippen LogP contribution in [0.2, 0.25) is 0 Å². The summed E-state index contributed by atoms with van der Waals surface area (Å²) in [5, 5.41) is 3.29. The summed E-state index contributed by atoms with van der Waals surface area (Å²) in [6.07, 6.45) is 3.00. The maximum Gasteiger partial charge on any atom is 0.106 e. The molecule has 3 rings (SSSR count). The molecule has 1 aromatic heterocycles. The summed E-state index contributed by atoms with van der Waals surface area (Å²) in [7, 11) is 0. The van der Waals surface area contributed by atoms with E-state index in [2.05, 4.69) is 46.5 Å². The van der Waals surface area contributed by atoms with Gasteiger partial charge in [0.25, 0.3) is 0 Å². The van der Waals surface area contributed by atoms with Gasteiger partial charge in [-0.05, 0) is 31.5 Å². The Kier molecular flexibility index (Phi) is 2.69. The van der Waals surface area contributed by atoms with E-state index in [-0.39, 0.29) is 0 Å². The zero-order valence-electron chi connectivity index (χ0n) is 10.0. The van der Waals surface area contributed by atoms with Gasteiger partial charge in [0, 0.05) is 12.0 Å². The predicted molar refractivity (Wildman–Crippen MR) is 68.8 cm³/mol. The van der Waals surface area contributed by atoms with Gasteiger partial charge in [-0.25, -0.2) is 4.98 Å². The smallest absolute Gasteiger partial charge is 0.106 e. The molecule has 0 atom stereocenters. The molecule has 3 nitrogen and oxygen atoms in total. The van der Waals surface area contributed by atoms with Crippen molar-refractivity contribution in [3.8, 4) is 11.3 Å². The largest absolute Gasteiger partial charge is 0.342 e. The number of aromatic amines is 1. The van der Waals surface area contributed by atoms with Gasteiger partial charge in [0.05, 0.1) is 11.9 Å². The molecule has 2 heterocycles. The second-order valence-electron chi connectivity index (χ2n) is 4.79. The van der Waals surface area contributed by atoms with Crippen LogP contribution in [0, 0.1) is 12.8 Å². The minimum atomic E-state index is 0.755. The maximum atomic E-state index is 4.47. The van der Waals surface area contributed by atoms with Gasteiger partial charge >= 0.3 is 0 Å². The standard InChI is InChI=1S/C14H17N3/c1-10-4-2-3-5-12(10)13-9-16-14(17-13)6-11-7-15-8-11/h2-5,9,11,15H,6-8H2,1H3,(H,16,17). The highest BCUT2D eigenvalue weighted by molar-refractivity contribution is 5.62. The van der Waals surface area contributed by atoms with Crippen LogP contribution in [0.1, 0.15) is 11.4 Å². The number of aryl methyl sites for hydroxylation is 1. The monoisotopic (exact) mass is 227 g/mol. The van der Waals surface area contributed by atoms with Crippen LogP contribution in [0.4, 0.5) is 0 Å². The Bertz CT molecular complexity index is 512. The van der Waals surface area contributed by atoms with Crippen LogP contribution >= 0.6 is 0 Å².